The largest absolute Gasteiger partial charge is 0.372 e. The van der Waals surface area contributed by atoms with Crippen LogP contribution in [0.3, 0.4) is 0 Å². The standard InChI is InChI=1S/C17H19FN2O2S/c1-17(22-2,13-8-4-5-9-14(13)18)11-20-15(21)12-7-6-10-19-16(12)23-3/h4-10H,11H2,1-3H3,(H,20,21). The number of carbonyl (C=O) groups is 1. The van der Waals surface area contributed by atoms with Crippen molar-refractivity contribution in [2.24, 2.45) is 0 Å². The lowest BCUT2D eigenvalue weighted by Crippen LogP contribution is -2.40. The number of amides is 1. The molecule has 1 unspecified atom stereocenters. The van der Waals surface area contributed by atoms with Crippen molar-refractivity contribution in [3.05, 3.63) is 59.5 Å². The van der Waals surface area contributed by atoms with Crippen LogP contribution >= 0.6 is 11.8 Å². The molecule has 0 saturated heterocycles. The van der Waals surface area contributed by atoms with E-state index >= 15 is 0 Å². The fourth-order valence-electron chi connectivity index (χ4n) is 2.24. The Morgan fingerprint density at radius 1 is 1.35 bits per heavy atom. The van der Waals surface area contributed by atoms with Gasteiger partial charge in [0.05, 0.1) is 12.1 Å². The SMILES string of the molecule is COC(C)(CNC(=O)c1cccnc1SC)c1ccccc1F. The summed E-state index contributed by atoms with van der Waals surface area (Å²) in [6, 6.07) is 9.81. The molecule has 0 aliphatic heterocycles. The van der Waals surface area contributed by atoms with E-state index in [0.717, 1.165) is 0 Å². The molecule has 0 radical (unpaired) electrons. The Labute approximate surface area is 139 Å². The highest BCUT2D eigenvalue weighted by molar-refractivity contribution is 7.98. The van der Waals surface area contributed by atoms with Gasteiger partial charge in [-0.1, -0.05) is 18.2 Å². The van der Waals surface area contributed by atoms with Crippen LogP contribution in [-0.2, 0) is 10.3 Å². The number of hydrogen-bond acceptors (Lipinski definition) is 4. The molecule has 23 heavy (non-hydrogen) atoms. The number of thioether (sulfide) groups is 1. The maximum Gasteiger partial charge on any atom is 0.254 e. The van der Waals surface area contributed by atoms with Crippen LogP contribution in [0.25, 0.3) is 0 Å². The lowest BCUT2D eigenvalue weighted by molar-refractivity contribution is 0.000359. The van der Waals surface area contributed by atoms with Gasteiger partial charge in [-0.05, 0) is 31.4 Å². The summed E-state index contributed by atoms with van der Waals surface area (Å²) < 4.78 is 19.5. The molecule has 2 aromatic rings. The van der Waals surface area contributed by atoms with E-state index in [0.29, 0.717) is 16.2 Å². The molecule has 1 aromatic heterocycles. The molecule has 1 amide bonds. The Bertz CT molecular complexity index is 696. The van der Waals surface area contributed by atoms with Crippen molar-refractivity contribution in [1.82, 2.24) is 10.3 Å². The minimum absolute atomic E-state index is 0.145. The van der Waals surface area contributed by atoms with E-state index in [-0.39, 0.29) is 18.3 Å². The summed E-state index contributed by atoms with van der Waals surface area (Å²) in [7, 11) is 1.50. The average molecular weight is 334 g/mol. The number of benzene rings is 1. The summed E-state index contributed by atoms with van der Waals surface area (Å²) in [6.45, 7) is 1.89. The zero-order valence-electron chi connectivity index (χ0n) is 13.3. The summed E-state index contributed by atoms with van der Waals surface area (Å²) in [6.07, 6.45) is 3.50. The average Bonchev–Trinajstić information content (AvgIpc) is 2.59. The predicted molar refractivity (Wildman–Crippen MR) is 89.1 cm³/mol. The molecule has 0 aliphatic rings. The Kier molecular flexibility index (Phi) is 5.74. The number of aromatic nitrogens is 1. The van der Waals surface area contributed by atoms with Crippen LogP contribution in [0.1, 0.15) is 22.8 Å². The molecule has 2 rings (SSSR count). The van der Waals surface area contributed by atoms with Crippen molar-refractivity contribution in [2.45, 2.75) is 17.6 Å². The van der Waals surface area contributed by atoms with Gasteiger partial charge in [0.1, 0.15) is 16.4 Å². The van der Waals surface area contributed by atoms with Crippen LogP contribution < -0.4 is 5.32 Å². The van der Waals surface area contributed by atoms with Crippen molar-refractivity contribution in [2.75, 3.05) is 19.9 Å². The number of carbonyl (C=O) groups excluding carboxylic acids is 1. The summed E-state index contributed by atoms with van der Waals surface area (Å²) in [5.74, 6) is -0.626. The Morgan fingerprint density at radius 2 is 2.09 bits per heavy atom. The molecule has 1 aromatic carbocycles. The number of halogens is 1. The summed E-state index contributed by atoms with van der Waals surface area (Å²) >= 11 is 1.40. The highest BCUT2D eigenvalue weighted by Gasteiger charge is 2.30. The van der Waals surface area contributed by atoms with E-state index in [2.05, 4.69) is 10.3 Å². The topological polar surface area (TPSA) is 51.2 Å². The van der Waals surface area contributed by atoms with Gasteiger partial charge in [0.2, 0.25) is 0 Å². The second-order valence-corrected chi connectivity index (χ2v) is 5.95. The van der Waals surface area contributed by atoms with Gasteiger partial charge >= 0.3 is 0 Å². The normalized spacial score (nSPS) is 13.4. The lowest BCUT2D eigenvalue weighted by atomic mass is 9.95. The molecule has 0 fully saturated rings. The van der Waals surface area contributed by atoms with Gasteiger partial charge in [0.15, 0.2) is 0 Å². The summed E-state index contributed by atoms with van der Waals surface area (Å²) in [5.41, 5.74) is -0.0611. The minimum atomic E-state index is -0.956. The molecule has 6 heteroatoms. The van der Waals surface area contributed by atoms with Crippen LogP contribution in [0.4, 0.5) is 4.39 Å². The van der Waals surface area contributed by atoms with Gasteiger partial charge in [-0.3, -0.25) is 4.79 Å². The Morgan fingerprint density at radius 3 is 2.74 bits per heavy atom. The molecule has 1 heterocycles. The first-order valence-corrected chi connectivity index (χ1v) is 8.31. The number of nitrogens with zero attached hydrogens (tertiary/aromatic N) is 1. The number of pyridine rings is 1. The van der Waals surface area contributed by atoms with E-state index in [4.69, 9.17) is 4.74 Å². The van der Waals surface area contributed by atoms with Crippen LogP contribution in [0.2, 0.25) is 0 Å². The van der Waals surface area contributed by atoms with Crippen molar-refractivity contribution in [3.8, 4) is 0 Å². The first-order chi connectivity index (χ1) is 11.0. The van der Waals surface area contributed by atoms with Gasteiger partial charge in [-0.2, -0.15) is 0 Å². The monoisotopic (exact) mass is 334 g/mol. The molecule has 0 aliphatic carbocycles. The van der Waals surface area contributed by atoms with Crippen LogP contribution in [0.15, 0.2) is 47.6 Å². The van der Waals surface area contributed by atoms with Crippen molar-refractivity contribution in [3.63, 3.8) is 0 Å². The number of hydrogen-bond donors (Lipinski definition) is 1. The van der Waals surface area contributed by atoms with E-state index < -0.39 is 5.60 Å². The molecule has 122 valence electrons. The zero-order chi connectivity index (χ0) is 16.9. The number of rotatable bonds is 6. The first-order valence-electron chi connectivity index (χ1n) is 7.09. The Hall–Kier alpha value is -1.92. The third-order valence-corrected chi connectivity index (χ3v) is 4.40. The van der Waals surface area contributed by atoms with E-state index in [1.165, 1.54) is 24.9 Å². The molecule has 0 bridgehead atoms. The first kappa shape index (κ1) is 17.4. The number of ether oxygens (including phenoxy) is 1. The molecular weight excluding hydrogens is 315 g/mol. The molecule has 1 atom stereocenters. The zero-order valence-corrected chi connectivity index (χ0v) is 14.1. The van der Waals surface area contributed by atoms with E-state index in [1.807, 2.05) is 6.26 Å². The van der Waals surface area contributed by atoms with Crippen molar-refractivity contribution < 1.29 is 13.9 Å². The highest BCUT2D eigenvalue weighted by Crippen LogP contribution is 2.26. The smallest absolute Gasteiger partial charge is 0.254 e. The summed E-state index contributed by atoms with van der Waals surface area (Å²) in [4.78, 5) is 16.6. The maximum atomic E-state index is 14.0. The third-order valence-electron chi connectivity index (χ3n) is 3.69. The van der Waals surface area contributed by atoms with Gasteiger partial charge in [0, 0.05) is 18.9 Å². The minimum Gasteiger partial charge on any atom is -0.372 e. The fourth-order valence-corrected chi connectivity index (χ4v) is 2.78. The molecule has 0 saturated carbocycles. The predicted octanol–water partition coefficient (Wildman–Crippen LogP) is 3.23. The number of nitrogens with one attached hydrogen (secondary N) is 1. The van der Waals surface area contributed by atoms with Gasteiger partial charge < -0.3 is 10.1 Å². The molecular formula is C17H19FN2O2S. The maximum absolute atomic E-state index is 14.0. The highest BCUT2D eigenvalue weighted by atomic mass is 32.2. The van der Waals surface area contributed by atoms with E-state index in [1.54, 1.807) is 43.5 Å². The Balaban J connectivity index is 2.17. The quantitative estimate of drug-likeness (QED) is 0.824. The lowest BCUT2D eigenvalue weighted by Gasteiger charge is -2.29. The van der Waals surface area contributed by atoms with Gasteiger partial charge in [-0.25, -0.2) is 9.37 Å². The second-order valence-electron chi connectivity index (χ2n) is 5.16. The second kappa shape index (κ2) is 7.57. The third kappa shape index (κ3) is 3.89. The van der Waals surface area contributed by atoms with Gasteiger partial charge in [-0.15, -0.1) is 11.8 Å². The fraction of sp³-hybridized carbons (Fsp3) is 0.294. The van der Waals surface area contributed by atoms with Crippen molar-refractivity contribution in [1.29, 1.82) is 0 Å². The van der Waals surface area contributed by atoms with Crippen LogP contribution in [0, 0.1) is 5.82 Å². The molecule has 1 N–H and O–H groups in total. The van der Waals surface area contributed by atoms with Crippen LogP contribution in [0.5, 0.6) is 0 Å². The van der Waals surface area contributed by atoms with Crippen molar-refractivity contribution >= 4 is 17.7 Å². The summed E-state index contributed by atoms with van der Waals surface area (Å²) in [5, 5.41) is 3.46. The van der Waals surface area contributed by atoms with Gasteiger partial charge in [0.25, 0.3) is 5.91 Å². The molecule has 4 nitrogen and oxygen atoms in total. The molecule has 0 spiro atoms. The van der Waals surface area contributed by atoms with Crippen LogP contribution in [-0.4, -0.2) is 30.8 Å². The van der Waals surface area contributed by atoms with E-state index in [9.17, 15) is 9.18 Å². The number of methoxy groups -OCH3 is 1.